The van der Waals surface area contributed by atoms with Crippen molar-refractivity contribution in [1.82, 2.24) is 18.3 Å². The van der Waals surface area contributed by atoms with Gasteiger partial charge in [0, 0.05) is 110 Å². The van der Waals surface area contributed by atoms with Gasteiger partial charge in [0.25, 0.3) is 32.4 Å². The third-order valence-corrected chi connectivity index (χ3v) is 20.2. The molecule has 8 aliphatic heterocycles. The number of rotatable bonds is 19. The van der Waals surface area contributed by atoms with Crippen LogP contribution in [0.3, 0.4) is 0 Å². The number of carboxylic acid groups (broad SMARTS) is 1. The molecule has 13 rings (SSSR count). The van der Waals surface area contributed by atoms with Gasteiger partial charge in [-0.05, 0) is 241 Å². The van der Waals surface area contributed by atoms with E-state index < -0.39 is 50.9 Å². The molecule has 694 valence electrons. The van der Waals surface area contributed by atoms with Crippen LogP contribution in [-0.4, -0.2) is 215 Å². The summed E-state index contributed by atoms with van der Waals surface area (Å²) in [5, 5.41) is 23.4. The number of hydrogen-bond acceptors (Lipinski definition) is 28. The van der Waals surface area contributed by atoms with Crippen molar-refractivity contribution in [3.05, 3.63) is 178 Å². The van der Waals surface area contributed by atoms with Crippen LogP contribution in [0, 0.1) is 7.43 Å². The second kappa shape index (κ2) is 61.9. The number of pyridine rings is 4. The van der Waals surface area contributed by atoms with E-state index in [0.29, 0.717) is 51.1 Å². The number of nitrogens with two attached hydrogens (primary N) is 2. The number of carbonyl (C=O) groups is 4. The molecule has 7 N–H and O–H groups in total. The van der Waals surface area contributed by atoms with Crippen LogP contribution < -0.4 is 44.6 Å². The fourth-order valence-electron chi connectivity index (χ4n) is 13.2. The first kappa shape index (κ1) is 109. The molecule has 8 atom stereocenters. The van der Waals surface area contributed by atoms with Crippen molar-refractivity contribution >= 4 is 45.5 Å². The SMILES string of the molecule is CC(C)(C)OC(=O)Nc1cccn(CC2CCCCO2)c1=O.COC(=O)c1cccn(CC2CCCCO2)c1=O.COC(=O)c1cccoc1=O.CS(=O)(=O)OCC1CCCCO1.NCC1CCCCO1.Nc1cccn(CC2CCCCO2)c1=O.O=C(O)c1cccn(CC2CCCCO2)c1=O.OCC1CCCCO1.[CH3-].[N-]=[N+]=NCC1CCCCO1.[Pd]. The predicted molar refractivity (Wildman–Crippen MR) is 458 cm³/mol. The number of esters is 2. The summed E-state index contributed by atoms with van der Waals surface area (Å²) in [6, 6.07) is 15.6. The van der Waals surface area contributed by atoms with Gasteiger partial charge >= 0.3 is 29.6 Å². The summed E-state index contributed by atoms with van der Waals surface area (Å²) in [7, 11) is -0.833. The van der Waals surface area contributed by atoms with Gasteiger partial charge in [0.15, 0.2) is 0 Å². The first-order chi connectivity index (χ1) is 58.1. The Labute approximate surface area is 733 Å². The van der Waals surface area contributed by atoms with E-state index >= 15 is 0 Å². The van der Waals surface area contributed by atoms with Crippen LogP contribution in [0.4, 0.5) is 16.2 Å². The Balaban J connectivity index is 0.000000363. The molecule has 36 nitrogen and oxygen atoms in total. The molecular weight excluding hydrogens is 1720 g/mol. The smallest absolute Gasteiger partial charge is 0.412 e. The van der Waals surface area contributed by atoms with Crippen LogP contribution in [0.25, 0.3) is 10.4 Å². The number of anilines is 2. The van der Waals surface area contributed by atoms with E-state index in [0.717, 1.165) is 181 Å². The van der Waals surface area contributed by atoms with Gasteiger partial charge in [0.1, 0.15) is 28.0 Å². The molecule has 0 bridgehead atoms. The van der Waals surface area contributed by atoms with Gasteiger partial charge < -0.3 is 104 Å². The zero-order chi connectivity index (χ0) is 88.2. The number of nitrogen functional groups attached to an aromatic ring is 1. The molecule has 38 heteroatoms. The number of azide groups is 1. The molecule has 13 heterocycles. The number of carbonyl (C=O) groups excluding carboxylic acids is 3. The number of nitrogens with one attached hydrogen (secondary N) is 1. The normalized spacial score (nSPS) is 20.9. The summed E-state index contributed by atoms with van der Waals surface area (Å²) in [6.07, 6.45) is 35.6. The largest absolute Gasteiger partial charge is 0.477 e. The van der Waals surface area contributed by atoms with Crippen molar-refractivity contribution in [3.63, 3.8) is 0 Å². The minimum absolute atomic E-state index is 0. The van der Waals surface area contributed by atoms with Gasteiger partial charge in [-0.25, -0.2) is 24.0 Å². The Kier molecular flexibility index (Phi) is 54.8. The number of amides is 1. The third-order valence-electron chi connectivity index (χ3n) is 19.6. The fraction of sp³-hybridized carbons (Fsp3) is 0.647. The number of hydrogen-bond donors (Lipinski definition) is 5. The van der Waals surface area contributed by atoms with E-state index in [4.69, 9.17) is 69.8 Å². The molecule has 8 saturated heterocycles. The van der Waals surface area contributed by atoms with Gasteiger partial charge in [0.2, 0.25) is 0 Å². The van der Waals surface area contributed by atoms with Gasteiger partial charge in [0.05, 0.1) is 127 Å². The van der Waals surface area contributed by atoms with E-state index in [1.165, 1.54) is 86.0 Å². The molecule has 5 aromatic rings. The zero-order valence-corrected chi connectivity index (χ0v) is 74.6. The molecule has 5 aromatic heterocycles. The fourth-order valence-corrected chi connectivity index (χ4v) is 13.6. The van der Waals surface area contributed by atoms with Gasteiger partial charge in [-0.2, -0.15) is 8.42 Å². The van der Waals surface area contributed by atoms with Crippen LogP contribution in [0.15, 0.2) is 125 Å². The average Bonchev–Trinajstić information content (AvgIpc) is 0.833. The van der Waals surface area contributed by atoms with E-state index in [1.54, 1.807) is 91.1 Å². The molecule has 123 heavy (non-hydrogen) atoms. The van der Waals surface area contributed by atoms with E-state index in [2.05, 4.69) is 33.4 Å². The van der Waals surface area contributed by atoms with Crippen LogP contribution in [0.2, 0.25) is 0 Å². The van der Waals surface area contributed by atoms with Crippen molar-refractivity contribution < 1.29 is 119 Å². The maximum atomic E-state index is 12.4. The second-order valence-corrected chi connectivity index (χ2v) is 32.2. The number of aromatic carboxylic acids is 1. The summed E-state index contributed by atoms with van der Waals surface area (Å²) < 4.78 is 93.9. The molecule has 0 aliphatic carbocycles. The number of carboxylic acids is 1. The standard InChI is InChI=1S/C16H24N2O4.C13H17NO4.C12H15NO4.C11H16N2O2.C7H14O4S.C7H6O4.C6H11N3O.C6H13NO.C6H12O2.CH3.Pd/c1-16(2,3)22-15(20)17-13-8-6-9-18(14(13)19)11-12-7-4-5-10-21-12;1-17-13(16)11-6-4-7-14(12(11)15)9-10-5-2-3-8-18-10;14-11-10(12(15)16)5-3-6-13(11)8-9-4-1-2-7-17-9;12-10-5-3-6-13(11(10)14)8-9-4-1-2-7-15-9;1-12(8,9)11-6-7-4-2-3-5-10-7;1-10-6(8)5-3-2-4-11-7(5)9;7-9-8-5-6-3-1-2-4-10-6;2*7-5-6-3-1-2-4-8-6;;/h6,8-9,12H,4-5,7,10-11H2,1-3H3,(H,17,20);4,6-7,10H,2-3,5,8-9H2,1H3;3,5-6,9H,1-2,4,7-8H2,(H,15,16);3,5-6,9H,1-2,4,7-8,12H2;7H,2-6H2,1H3;2-4H,1H3;6H,1-5H2;6H,1-5,7H2;6-7H,1-5H2;1H3;/q;;;;;;;;;-1;. The summed E-state index contributed by atoms with van der Waals surface area (Å²) >= 11 is 0. The predicted octanol–water partition coefficient (Wildman–Crippen LogP) is 10.4. The summed E-state index contributed by atoms with van der Waals surface area (Å²) in [5.41, 5.74) is 16.8. The first-order valence-corrected chi connectivity index (χ1v) is 43.6. The van der Waals surface area contributed by atoms with Crippen molar-refractivity contribution in [3.8, 4) is 0 Å². The first-order valence-electron chi connectivity index (χ1n) is 41.8. The van der Waals surface area contributed by atoms with Crippen molar-refractivity contribution in [2.75, 3.05) is 111 Å². The van der Waals surface area contributed by atoms with Gasteiger partial charge in [-0.3, -0.25) is 28.7 Å². The summed E-state index contributed by atoms with van der Waals surface area (Å²) in [6.45, 7) is 15.2. The quantitative estimate of drug-likeness (QED) is 0.00749. The Hall–Kier alpha value is -8.29. The van der Waals surface area contributed by atoms with E-state index in [9.17, 15) is 51.6 Å². The van der Waals surface area contributed by atoms with Gasteiger partial charge in [-0.15, -0.1) is 0 Å². The monoisotopic (exact) mass is 1850 g/mol. The molecule has 8 aliphatic rings. The molecule has 8 fully saturated rings. The maximum absolute atomic E-state index is 12.4. The molecular formula is C85H131N10O26PdS-. The van der Waals surface area contributed by atoms with Crippen LogP contribution in [0.1, 0.15) is 206 Å². The van der Waals surface area contributed by atoms with Crippen molar-refractivity contribution in [2.24, 2.45) is 10.8 Å². The van der Waals surface area contributed by atoms with Crippen LogP contribution >= 0.6 is 0 Å². The minimum atomic E-state index is -3.30. The van der Waals surface area contributed by atoms with Crippen LogP contribution in [-0.2, 0) is 113 Å². The molecule has 0 saturated carbocycles. The summed E-state index contributed by atoms with van der Waals surface area (Å²) in [5.74, 6) is -2.47. The number of aliphatic hydroxyl groups excluding tert-OH is 1. The summed E-state index contributed by atoms with van der Waals surface area (Å²) in [4.78, 5) is 106. The zero-order valence-electron chi connectivity index (χ0n) is 72.3. The second-order valence-electron chi connectivity index (χ2n) is 30.5. The maximum Gasteiger partial charge on any atom is 0.412 e. The van der Waals surface area contributed by atoms with Gasteiger partial charge in [-0.1, -0.05) is 5.11 Å². The Morgan fingerprint density at radius 1 is 0.520 bits per heavy atom. The molecule has 8 unspecified atom stereocenters. The van der Waals surface area contributed by atoms with E-state index in [-0.39, 0.29) is 123 Å². The Morgan fingerprint density at radius 2 is 0.878 bits per heavy atom. The topological polar surface area (TPSA) is 485 Å². The van der Waals surface area contributed by atoms with Crippen LogP contribution in [0.5, 0.6) is 0 Å². The number of nitrogens with zero attached hydrogens (tertiary/aromatic N) is 7. The molecule has 0 radical (unpaired) electrons. The Morgan fingerprint density at radius 3 is 1.24 bits per heavy atom. The number of ether oxygens (including phenoxy) is 11. The Bertz CT molecular complexity index is 4280. The number of methoxy groups -OCH3 is 2. The molecule has 0 aromatic carbocycles. The molecule has 0 spiro atoms. The third kappa shape index (κ3) is 44.9. The number of aliphatic hydroxyl groups is 1. The van der Waals surface area contributed by atoms with Crippen molar-refractivity contribution in [1.29, 1.82) is 0 Å². The average molecular weight is 1850 g/mol. The number of aromatic nitrogens is 4. The van der Waals surface area contributed by atoms with Crippen molar-refractivity contribution in [2.45, 2.75) is 255 Å². The minimum Gasteiger partial charge on any atom is -0.477 e. The molecule has 1 amide bonds. The van der Waals surface area contributed by atoms with E-state index in [1.807, 2.05) is 0 Å².